The molecule has 0 fully saturated rings. The molecule has 80 valence electrons. The molecule has 0 radical (unpaired) electrons. The van der Waals surface area contributed by atoms with E-state index in [9.17, 15) is 0 Å². The van der Waals surface area contributed by atoms with Crippen molar-refractivity contribution in [3.8, 4) is 5.75 Å². The number of benzene rings is 1. The van der Waals surface area contributed by atoms with Gasteiger partial charge in [-0.1, -0.05) is 24.3 Å². The Labute approximate surface area is 92.1 Å². The molecule has 15 heavy (non-hydrogen) atoms. The summed E-state index contributed by atoms with van der Waals surface area (Å²) >= 11 is 0. The first-order valence-corrected chi connectivity index (χ1v) is 5.17. The van der Waals surface area contributed by atoms with Crippen molar-refractivity contribution >= 4 is 12.2 Å². The molecule has 0 saturated heterocycles. The highest BCUT2D eigenvalue weighted by molar-refractivity contribution is 5.65. The first-order chi connectivity index (χ1) is 7.22. The van der Waals surface area contributed by atoms with Crippen molar-refractivity contribution in [2.45, 2.75) is 20.8 Å². The molecule has 0 aliphatic rings. The second-order valence-corrected chi connectivity index (χ2v) is 3.45. The third kappa shape index (κ3) is 2.72. The molecular weight excluding hydrogens is 184 g/mol. The van der Waals surface area contributed by atoms with Gasteiger partial charge in [0.05, 0.1) is 7.11 Å². The maximum atomic E-state index is 5.35. The minimum Gasteiger partial charge on any atom is -0.496 e. The van der Waals surface area contributed by atoms with E-state index in [0.717, 1.165) is 11.3 Å². The van der Waals surface area contributed by atoms with Crippen LogP contribution in [0, 0.1) is 6.92 Å². The van der Waals surface area contributed by atoms with Crippen LogP contribution < -0.4 is 4.74 Å². The quantitative estimate of drug-likeness (QED) is 0.718. The lowest BCUT2D eigenvalue weighted by Gasteiger charge is -2.09. The maximum absolute atomic E-state index is 5.35. The zero-order chi connectivity index (χ0) is 11.3. The van der Waals surface area contributed by atoms with Gasteiger partial charge in [0.2, 0.25) is 0 Å². The highest BCUT2D eigenvalue weighted by Crippen LogP contribution is 2.25. The SMILES string of the molecule is CC=Cc1cc(OC)c(C=CC)cc1C. The predicted molar refractivity (Wildman–Crippen MR) is 67.1 cm³/mol. The summed E-state index contributed by atoms with van der Waals surface area (Å²) < 4.78 is 5.35. The van der Waals surface area contributed by atoms with Gasteiger partial charge >= 0.3 is 0 Å². The molecule has 0 saturated carbocycles. The molecule has 0 spiro atoms. The van der Waals surface area contributed by atoms with Crippen molar-refractivity contribution in [2.24, 2.45) is 0 Å². The smallest absolute Gasteiger partial charge is 0.126 e. The van der Waals surface area contributed by atoms with Gasteiger partial charge in [-0.05, 0) is 44.0 Å². The second-order valence-electron chi connectivity index (χ2n) is 3.45. The van der Waals surface area contributed by atoms with Gasteiger partial charge in [0, 0.05) is 5.56 Å². The zero-order valence-corrected chi connectivity index (χ0v) is 9.87. The van der Waals surface area contributed by atoms with Gasteiger partial charge < -0.3 is 4.74 Å². The van der Waals surface area contributed by atoms with E-state index in [-0.39, 0.29) is 0 Å². The van der Waals surface area contributed by atoms with Gasteiger partial charge in [-0.15, -0.1) is 0 Å². The minimum atomic E-state index is 0.923. The fraction of sp³-hybridized carbons (Fsp3) is 0.286. The number of hydrogen-bond acceptors (Lipinski definition) is 1. The summed E-state index contributed by atoms with van der Waals surface area (Å²) in [4.78, 5) is 0. The first-order valence-electron chi connectivity index (χ1n) is 5.17. The highest BCUT2D eigenvalue weighted by atomic mass is 16.5. The first kappa shape index (κ1) is 11.6. The van der Waals surface area contributed by atoms with Gasteiger partial charge in [0.15, 0.2) is 0 Å². The lowest BCUT2D eigenvalue weighted by Crippen LogP contribution is -1.90. The summed E-state index contributed by atoms with van der Waals surface area (Å²) in [6, 6.07) is 4.22. The predicted octanol–water partition coefficient (Wildman–Crippen LogP) is 4.07. The third-order valence-corrected chi connectivity index (χ3v) is 2.31. The number of hydrogen-bond donors (Lipinski definition) is 0. The van der Waals surface area contributed by atoms with Crippen LogP contribution in [0.5, 0.6) is 5.75 Å². The number of allylic oxidation sites excluding steroid dienone is 2. The van der Waals surface area contributed by atoms with Gasteiger partial charge in [-0.3, -0.25) is 0 Å². The van der Waals surface area contributed by atoms with Crippen molar-refractivity contribution in [3.05, 3.63) is 41.0 Å². The van der Waals surface area contributed by atoms with Crippen molar-refractivity contribution in [1.29, 1.82) is 0 Å². The van der Waals surface area contributed by atoms with E-state index in [1.807, 2.05) is 26.0 Å². The van der Waals surface area contributed by atoms with Crippen LogP contribution in [0.2, 0.25) is 0 Å². The monoisotopic (exact) mass is 202 g/mol. The van der Waals surface area contributed by atoms with Crippen LogP contribution in [0.3, 0.4) is 0 Å². The third-order valence-electron chi connectivity index (χ3n) is 2.31. The van der Waals surface area contributed by atoms with Crippen LogP contribution in [0.1, 0.15) is 30.5 Å². The Hall–Kier alpha value is -1.50. The second kappa shape index (κ2) is 5.40. The number of rotatable bonds is 3. The van der Waals surface area contributed by atoms with E-state index >= 15 is 0 Å². The molecule has 0 amide bonds. The molecule has 0 N–H and O–H groups in total. The summed E-state index contributed by atoms with van der Waals surface area (Å²) in [5.41, 5.74) is 3.61. The summed E-state index contributed by atoms with van der Waals surface area (Å²) in [6.45, 7) is 6.14. The topological polar surface area (TPSA) is 9.23 Å². The van der Waals surface area contributed by atoms with Gasteiger partial charge in [-0.2, -0.15) is 0 Å². The zero-order valence-electron chi connectivity index (χ0n) is 9.87. The van der Waals surface area contributed by atoms with Crippen LogP contribution in [-0.2, 0) is 0 Å². The van der Waals surface area contributed by atoms with E-state index in [2.05, 4.69) is 31.2 Å². The Morgan fingerprint density at radius 1 is 1.00 bits per heavy atom. The van der Waals surface area contributed by atoms with Gasteiger partial charge in [0.1, 0.15) is 5.75 Å². The van der Waals surface area contributed by atoms with Gasteiger partial charge in [-0.25, -0.2) is 0 Å². The Balaban J connectivity index is 3.28. The molecule has 0 heterocycles. The maximum Gasteiger partial charge on any atom is 0.126 e. The van der Waals surface area contributed by atoms with E-state index in [1.54, 1.807) is 7.11 Å². The molecule has 0 aliphatic heterocycles. The molecule has 1 nitrogen and oxygen atoms in total. The van der Waals surface area contributed by atoms with E-state index in [4.69, 9.17) is 4.74 Å². The largest absolute Gasteiger partial charge is 0.496 e. The lowest BCUT2D eigenvalue weighted by atomic mass is 10.0. The molecule has 1 heteroatoms. The summed E-state index contributed by atoms with van der Waals surface area (Å²) in [7, 11) is 1.71. The molecule has 1 aromatic carbocycles. The van der Waals surface area contributed by atoms with Crippen LogP contribution in [0.15, 0.2) is 24.3 Å². The average molecular weight is 202 g/mol. The number of ether oxygens (including phenoxy) is 1. The Morgan fingerprint density at radius 2 is 1.60 bits per heavy atom. The van der Waals surface area contributed by atoms with Gasteiger partial charge in [0.25, 0.3) is 0 Å². The fourth-order valence-electron chi connectivity index (χ4n) is 1.57. The molecule has 0 aliphatic carbocycles. The van der Waals surface area contributed by atoms with Crippen molar-refractivity contribution in [3.63, 3.8) is 0 Å². The number of methoxy groups -OCH3 is 1. The molecular formula is C14H18O. The fourth-order valence-corrected chi connectivity index (χ4v) is 1.57. The molecule has 0 aromatic heterocycles. The van der Waals surface area contributed by atoms with E-state index < -0.39 is 0 Å². The Kier molecular flexibility index (Phi) is 4.17. The lowest BCUT2D eigenvalue weighted by molar-refractivity contribution is 0.413. The molecule has 1 rings (SSSR count). The van der Waals surface area contributed by atoms with Crippen LogP contribution in [0.25, 0.3) is 12.2 Å². The van der Waals surface area contributed by atoms with Crippen LogP contribution in [-0.4, -0.2) is 7.11 Å². The van der Waals surface area contributed by atoms with Crippen molar-refractivity contribution in [1.82, 2.24) is 0 Å². The summed E-state index contributed by atoms with van der Waals surface area (Å²) in [6.07, 6.45) is 8.21. The van der Waals surface area contributed by atoms with E-state index in [1.165, 1.54) is 11.1 Å². The van der Waals surface area contributed by atoms with Crippen molar-refractivity contribution in [2.75, 3.05) is 7.11 Å². The minimum absolute atomic E-state index is 0.923. The molecule has 1 aromatic rings. The van der Waals surface area contributed by atoms with E-state index in [0.29, 0.717) is 0 Å². The normalized spacial score (nSPS) is 11.5. The highest BCUT2D eigenvalue weighted by Gasteiger charge is 2.03. The number of aryl methyl sites for hydroxylation is 1. The molecule has 0 unspecified atom stereocenters. The Morgan fingerprint density at radius 3 is 2.13 bits per heavy atom. The van der Waals surface area contributed by atoms with Crippen molar-refractivity contribution < 1.29 is 4.74 Å². The molecule has 0 atom stereocenters. The van der Waals surface area contributed by atoms with Crippen LogP contribution in [0.4, 0.5) is 0 Å². The Bertz CT molecular complexity index is 387. The molecule has 0 bridgehead atoms. The summed E-state index contributed by atoms with van der Waals surface area (Å²) in [5.74, 6) is 0.923. The standard InChI is InChI=1S/C14H18O/c1-5-7-12-10-14(15-4)13(8-6-2)9-11(12)3/h5-10H,1-4H3. The average Bonchev–Trinajstić information content (AvgIpc) is 2.22. The van der Waals surface area contributed by atoms with Crippen LogP contribution >= 0.6 is 0 Å². The summed E-state index contributed by atoms with van der Waals surface area (Å²) in [5, 5.41) is 0.